The molecule has 5 N–H and O–H groups in total. The van der Waals surface area contributed by atoms with Gasteiger partial charge in [-0.05, 0) is 12.1 Å². The topological polar surface area (TPSA) is 110 Å². The van der Waals surface area contributed by atoms with Crippen LogP contribution in [-0.4, -0.2) is 21.4 Å². The van der Waals surface area contributed by atoms with Crippen LogP contribution in [0.25, 0.3) is 11.1 Å². The first-order valence-corrected chi connectivity index (χ1v) is 5.84. The molecule has 1 aromatic carbocycles. The summed E-state index contributed by atoms with van der Waals surface area (Å²) < 4.78 is 0. The Hall–Kier alpha value is -2.05. The zero-order valence-electron chi connectivity index (χ0n) is 9.51. The first-order valence-electron chi connectivity index (χ1n) is 5.08. The highest BCUT2D eigenvalue weighted by molar-refractivity contribution is 6.36. The molecule has 6 nitrogen and oxygen atoms in total. The minimum atomic E-state index is -0.0266. The van der Waals surface area contributed by atoms with Gasteiger partial charge in [0, 0.05) is 10.6 Å². The van der Waals surface area contributed by atoms with Gasteiger partial charge in [0.1, 0.15) is 11.5 Å². The van der Waals surface area contributed by atoms with E-state index in [0.717, 1.165) is 6.21 Å². The number of hydrogen-bond donors (Lipinski definition) is 3. The number of nitrogen functional groups attached to an aromatic ring is 2. The minimum Gasteiger partial charge on any atom is -0.411 e. The van der Waals surface area contributed by atoms with Crippen molar-refractivity contribution >= 4 is 41.2 Å². The zero-order chi connectivity index (χ0) is 14.0. The van der Waals surface area contributed by atoms with Gasteiger partial charge in [-0.2, -0.15) is 4.98 Å². The maximum absolute atomic E-state index is 8.66. The SMILES string of the molecule is Nc1nc(N)c(-c2ccc(Cl)cc2Cl)c(C=NO)n1. The van der Waals surface area contributed by atoms with E-state index in [2.05, 4.69) is 15.1 Å². The smallest absolute Gasteiger partial charge is 0.222 e. The summed E-state index contributed by atoms with van der Waals surface area (Å²) in [5.41, 5.74) is 12.6. The summed E-state index contributed by atoms with van der Waals surface area (Å²) in [5, 5.41) is 12.4. The molecule has 1 aromatic heterocycles. The number of nitrogens with zero attached hydrogens (tertiary/aromatic N) is 3. The Morgan fingerprint density at radius 1 is 1.21 bits per heavy atom. The molecule has 2 rings (SSSR count). The van der Waals surface area contributed by atoms with E-state index in [1.165, 1.54) is 0 Å². The maximum atomic E-state index is 8.66. The fourth-order valence-electron chi connectivity index (χ4n) is 1.63. The Morgan fingerprint density at radius 2 is 1.95 bits per heavy atom. The van der Waals surface area contributed by atoms with E-state index in [4.69, 9.17) is 39.9 Å². The largest absolute Gasteiger partial charge is 0.411 e. The molecule has 0 amide bonds. The van der Waals surface area contributed by atoms with E-state index in [-0.39, 0.29) is 17.5 Å². The predicted octanol–water partition coefficient (Wildman–Crippen LogP) is 2.42. The van der Waals surface area contributed by atoms with Crippen molar-refractivity contribution in [2.75, 3.05) is 11.5 Å². The number of nitrogens with two attached hydrogens (primary N) is 2. The summed E-state index contributed by atoms with van der Waals surface area (Å²) in [5.74, 6) is 0.104. The van der Waals surface area contributed by atoms with Crippen LogP contribution >= 0.6 is 23.2 Å². The second-order valence-electron chi connectivity index (χ2n) is 3.60. The molecule has 0 radical (unpaired) electrons. The summed E-state index contributed by atoms with van der Waals surface area (Å²) >= 11 is 12.0. The van der Waals surface area contributed by atoms with Crippen LogP contribution in [0.15, 0.2) is 23.4 Å². The van der Waals surface area contributed by atoms with Gasteiger partial charge in [-0.1, -0.05) is 34.4 Å². The van der Waals surface area contributed by atoms with Crippen LogP contribution in [0.2, 0.25) is 10.0 Å². The van der Waals surface area contributed by atoms with Crippen LogP contribution in [-0.2, 0) is 0 Å². The lowest BCUT2D eigenvalue weighted by Gasteiger charge is -2.10. The lowest BCUT2D eigenvalue weighted by Crippen LogP contribution is -2.06. The normalized spacial score (nSPS) is 11.1. The molecule has 0 unspecified atom stereocenters. The molecule has 0 spiro atoms. The molecule has 0 atom stereocenters. The van der Waals surface area contributed by atoms with E-state index < -0.39 is 0 Å². The van der Waals surface area contributed by atoms with Crippen LogP contribution in [0.1, 0.15) is 5.69 Å². The number of rotatable bonds is 2. The van der Waals surface area contributed by atoms with Crippen LogP contribution < -0.4 is 11.5 Å². The van der Waals surface area contributed by atoms with Gasteiger partial charge < -0.3 is 16.7 Å². The quantitative estimate of drug-likeness (QED) is 0.448. The van der Waals surface area contributed by atoms with Gasteiger partial charge in [-0.25, -0.2) is 4.98 Å². The Balaban J connectivity index is 2.73. The highest BCUT2D eigenvalue weighted by Gasteiger charge is 2.15. The van der Waals surface area contributed by atoms with Crippen molar-refractivity contribution in [2.45, 2.75) is 0 Å². The lowest BCUT2D eigenvalue weighted by molar-refractivity contribution is 0.321. The second-order valence-corrected chi connectivity index (χ2v) is 4.44. The Labute approximate surface area is 118 Å². The molecular formula is C11H9Cl2N5O. The summed E-state index contributed by atoms with van der Waals surface area (Å²) in [6.45, 7) is 0. The molecule has 0 saturated carbocycles. The molecule has 0 aliphatic heterocycles. The van der Waals surface area contributed by atoms with Crippen molar-refractivity contribution < 1.29 is 5.21 Å². The summed E-state index contributed by atoms with van der Waals surface area (Å²) in [7, 11) is 0. The molecule has 0 aliphatic carbocycles. The number of oxime groups is 1. The fraction of sp³-hybridized carbons (Fsp3) is 0. The molecule has 0 aliphatic rings. The molecule has 0 fully saturated rings. The second kappa shape index (κ2) is 5.29. The highest BCUT2D eigenvalue weighted by Crippen LogP contribution is 2.34. The van der Waals surface area contributed by atoms with Crippen LogP contribution in [0.5, 0.6) is 0 Å². The lowest BCUT2D eigenvalue weighted by atomic mass is 10.0. The Bertz CT molecular complexity index is 660. The highest BCUT2D eigenvalue weighted by atomic mass is 35.5. The molecule has 0 saturated heterocycles. The predicted molar refractivity (Wildman–Crippen MR) is 75.7 cm³/mol. The van der Waals surface area contributed by atoms with Crippen molar-refractivity contribution in [2.24, 2.45) is 5.16 Å². The Morgan fingerprint density at radius 3 is 2.58 bits per heavy atom. The fourth-order valence-corrected chi connectivity index (χ4v) is 2.13. The van der Waals surface area contributed by atoms with Crippen LogP contribution in [0.3, 0.4) is 0 Å². The average Bonchev–Trinajstić information content (AvgIpc) is 2.31. The molecule has 1 heterocycles. The summed E-state index contributed by atoms with van der Waals surface area (Å²) in [4.78, 5) is 7.82. The first-order chi connectivity index (χ1) is 9.02. The van der Waals surface area contributed by atoms with Gasteiger partial charge in [0.15, 0.2) is 0 Å². The third kappa shape index (κ3) is 2.69. The minimum absolute atomic E-state index is 0.0266. The number of hydrogen-bond acceptors (Lipinski definition) is 6. The number of benzene rings is 1. The van der Waals surface area contributed by atoms with E-state index in [9.17, 15) is 0 Å². The average molecular weight is 298 g/mol. The first kappa shape index (κ1) is 13.4. The molecular weight excluding hydrogens is 289 g/mol. The van der Waals surface area contributed by atoms with E-state index >= 15 is 0 Å². The maximum Gasteiger partial charge on any atom is 0.222 e. The van der Waals surface area contributed by atoms with Crippen molar-refractivity contribution in [1.29, 1.82) is 0 Å². The van der Waals surface area contributed by atoms with Gasteiger partial charge in [0.05, 0.1) is 16.8 Å². The Kier molecular flexibility index (Phi) is 3.73. The molecule has 8 heteroatoms. The van der Waals surface area contributed by atoms with Crippen LogP contribution in [0.4, 0.5) is 11.8 Å². The number of aromatic nitrogens is 2. The van der Waals surface area contributed by atoms with E-state index in [1.807, 2.05) is 0 Å². The number of anilines is 2. The molecule has 98 valence electrons. The summed E-state index contributed by atoms with van der Waals surface area (Å²) in [6.07, 6.45) is 1.11. The number of halogens is 2. The van der Waals surface area contributed by atoms with Gasteiger partial charge >= 0.3 is 0 Å². The van der Waals surface area contributed by atoms with Gasteiger partial charge in [-0.3, -0.25) is 0 Å². The molecule has 0 bridgehead atoms. The monoisotopic (exact) mass is 297 g/mol. The van der Waals surface area contributed by atoms with Crippen molar-refractivity contribution in [3.63, 3.8) is 0 Å². The third-order valence-corrected chi connectivity index (χ3v) is 2.91. The van der Waals surface area contributed by atoms with Crippen molar-refractivity contribution in [3.05, 3.63) is 33.9 Å². The van der Waals surface area contributed by atoms with E-state index in [0.29, 0.717) is 21.2 Å². The standard InChI is InChI=1S/C11H9Cl2N5O/c12-5-1-2-6(7(13)3-5)9-8(4-16-19)17-11(15)18-10(9)14/h1-4,19H,(H4,14,15,17,18). The summed E-state index contributed by atoms with van der Waals surface area (Å²) in [6, 6.07) is 4.89. The zero-order valence-corrected chi connectivity index (χ0v) is 11.0. The third-order valence-electron chi connectivity index (χ3n) is 2.36. The van der Waals surface area contributed by atoms with Crippen molar-refractivity contribution in [1.82, 2.24) is 9.97 Å². The van der Waals surface area contributed by atoms with Gasteiger partial charge in [-0.15, -0.1) is 0 Å². The van der Waals surface area contributed by atoms with Gasteiger partial charge in [0.2, 0.25) is 5.95 Å². The van der Waals surface area contributed by atoms with Crippen molar-refractivity contribution in [3.8, 4) is 11.1 Å². The van der Waals surface area contributed by atoms with Crippen LogP contribution in [0, 0.1) is 0 Å². The molecule has 2 aromatic rings. The van der Waals surface area contributed by atoms with E-state index in [1.54, 1.807) is 18.2 Å². The molecule has 19 heavy (non-hydrogen) atoms. The van der Waals surface area contributed by atoms with Gasteiger partial charge in [0.25, 0.3) is 0 Å².